The number of anilines is 1. The number of para-hydroxylation sites is 1. The first-order valence-electron chi connectivity index (χ1n) is 9.16. The number of hydrogen-bond donors (Lipinski definition) is 1. The molecule has 0 spiro atoms. The predicted molar refractivity (Wildman–Crippen MR) is 111 cm³/mol. The van der Waals surface area contributed by atoms with Crippen LogP contribution in [0, 0.1) is 6.92 Å². The Kier molecular flexibility index (Phi) is 5.54. The van der Waals surface area contributed by atoms with Crippen LogP contribution in [0.3, 0.4) is 0 Å². The molecule has 0 atom stereocenters. The van der Waals surface area contributed by atoms with E-state index in [-0.39, 0.29) is 24.9 Å². The number of nitrogens with zero attached hydrogens (tertiary/aromatic N) is 1. The van der Waals surface area contributed by atoms with Crippen LogP contribution in [0.1, 0.15) is 42.8 Å². The Balaban J connectivity index is 1.29. The molecule has 1 amide bonds. The van der Waals surface area contributed by atoms with Gasteiger partial charge in [-0.25, -0.2) is 9.78 Å². The SMILES string of the molecule is Cc1ccccc1NC(=O)Cc1nc(COC(=O)c2cc3c(s2)CCC3)cs1. The highest BCUT2D eigenvalue weighted by atomic mass is 32.1. The molecule has 0 saturated carbocycles. The molecule has 0 bridgehead atoms. The van der Waals surface area contributed by atoms with Crippen LogP contribution < -0.4 is 5.32 Å². The lowest BCUT2D eigenvalue weighted by Crippen LogP contribution is -2.15. The van der Waals surface area contributed by atoms with Gasteiger partial charge in [0.25, 0.3) is 0 Å². The summed E-state index contributed by atoms with van der Waals surface area (Å²) < 4.78 is 5.40. The van der Waals surface area contributed by atoms with E-state index >= 15 is 0 Å². The van der Waals surface area contributed by atoms with Gasteiger partial charge in [0.1, 0.15) is 16.5 Å². The summed E-state index contributed by atoms with van der Waals surface area (Å²) in [4.78, 5) is 30.9. The van der Waals surface area contributed by atoms with Crippen LogP contribution in [0.15, 0.2) is 35.7 Å². The number of carbonyl (C=O) groups is 2. The number of rotatable bonds is 6. The van der Waals surface area contributed by atoms with Crippen LogP contribution >= 0.6 is 22.7 Å². The van der Waals surface area contributed by atoms with E-state index in [9.17, 15) is 9.59 Å². The Hall–Kier alpha value is -2.51. The zero-order valence-corrected chi connectivity index (χ0v) is 17.1. The molecule has 2 heterocycles. The third-order valence-electron chi connectivity index (χ3n) is 4.63. The highest BCUT2D eigenvalue weighted by molar-refractivity contribution is 7.14. The Morgan fingerprint density at radius 1 is 1.25 bits per heavy atom. The fraction of sp³-hybridized carbons (Fsp3) is 0.286. The highest BCUT2D eigenvalue weighted by Gasteiger charge is 2.19. The van der Waals surface area contributed by atoms with E-state index < -0.39 is 0 Å². The molecule has 0 radical (unpaired) electrons. The maximum atomic E-state index is 12.2. The Morgan fingerprint density at radius 2 is 2.11 bits per heavy atom. The number of hydrogen-bond acceptors (Lipinski definition) is 6. The molecule has 28 heavy (non-hydrogen) atoms. The number of fused-ring (bicyclic) bond motifs is 1. The average Bonchev–Trinajstić information content (AvgIpc) is 3.37. The van der Waals surface area contributed by atoms with Crippen molar-refractivity contribution >= 4 is 40.2 Å². The van der Waals surface area contributed by atoms with Gasteiger partial charge in [0, 0.05) is 15.9 Å². The maximum Gasteiger partial charge on any atom is 0.348 e. The smallest absolute Gasteiger partial charge is 0.348 e. The number of nitrogens with one attached hydrogen (secondary N) is 1. The fourth-order valence-electron chi connectivity index (χ4n) is 3.18. The summed E-state index contributed by atoms with van der Waals surface area (Å²) in [7, 11) is 0. The summed E-state index contributed by atoms with van der Waals surface area (Å²) in [5.74, 6) is -0.411. The zero-order valence-electron chi connectivity index (χ0n) is 15.5. The van der Waals surface area contributed by atoms with Gasteiger partial charge >= 0.3 is 5.97 Å². The number of ether oxygens (including phenoxy) is 1. The first-order valence-corrected chi connectivity index (χ1v) is 10.9. The molecule has 5 nitrogen and oxygen atoms in total. The molecular formula is C21H20N2O3S2. The third-order valence-corrected chi connectivity index (χ3v) is 6.74. The highest BCUT2D eigenvalue weighted by Crippen LogP contribution is 2.31. The fourth-order valence-corrected chi connectivity index (χ4v) is 5.11. The topological polar surface area (TPSA) is 68.3 Å². The second-order valence-corrected chi connectivity index (χ2v) is 8.84. The Labute approximate surface area is 171 Å². The molecule has 0 aliphatic heterocycles. The zero-order chi connectivity index (χ0) is 19.5. The van der Waals surface area contributed by atoms with Crippen LogP contribution in [0.25, 0.3) is 0 Å². The summed E-state index contributed by atoms with van der Waals surface area (Å²) in [5.41, 5.74) is 3.77. The summed E-state index contributed by atoms with van der Waals surface area (Å²) in [5, 5.41) is 5.43. The molecule has 7 heteroatoms. The van der Waals surface area contributed by atoms with Crippen LogP contribution in [-0.2, 0) is 35.4 Å². The lowest BCUT2D eigenvalue weighted by molar-refractivity contribution is -0.115. The first kappa shape index (κ1) is 18.8. The van der Waals surface area contributed by atoms with Gasteiger partial charge in [-0.15, -0.1) is 22.7 Å². The van der Waals surface area contributed by atoms with Crippen LogP contribution in [0.2, 0.25) is 0 Å². The van der Waals surface area contributed by atoms with Gasteiger partial charge in [0.05, 0.1) is 12.1 Å². The number of aryl methyl sites for hydroxylation is 3. The molecule has 1 aliphatic rings. The number of amides is 1. The van der Waals surface area contributed by atoms with Crippen molar-refractivity contribution in [2.24, 2.45) is 0 Å². The van der Waals surface area contributed by atoms with Crippen molar-refractivity contribution in [3.63, 3.8) is 0 Å². The van der Waals surface area contributed by atoms with Crippen molar-refractivity contribution in [2.75, 3.05) is 5.32 Å². The van der Waals surface area contributed by atoms with E-state index in [1.165, 1.54) is 39.5 Å². The predicted octanol–water partition coefficient (Wildman–Crippen LogP) is 4.54. The molecule has 1 aliphatic carbocycles. The summed E-state index contributed by atoms with van der Waals surface area (Å²) in [6.07, 6.45) is 3.49. The van der Waals surface area contributed by atoms with Gasteiger partial charge in [-0.1, -0.05) is 18.2 Å². The Morgan fingerprint density at radius 3 is 2.93 bits per heavy atom. The molecule has 0 fully saturated rings. The lowest BCUT2D eigenvalue weighted by Gasteiger charge is -2.06. The van der Waals surface area contributed by atoms with E-state index in [0.717, 1.165) is 24.1 Å². The number of esters is 1. The molecule has 0 unspecified atom stereocenters. The van der Waals surface area contributed by atoms with Crippen molar-refractivity contribution in [1.29, 1.82) is 0 Å². The second-order valence-electron chi connectivity index (χ2n) is 6.76. The minimum absolute atomic E-state index is 0.111. The minimum Gasteiger partial charge on any atom is -0.455 e. The normalized spacial score (nSPS) is 12.6. The van der Waals surface area contributed by atoms with Crippen molar-refractivity contribution in [2.45, 2.75) is 39.2 Å². The van der Waals surface area contributed by atoms with Crippen LogP contribution in [-0.4, -0.2) is 16.9 Å². The summed E-state index contributed by atoms with van der Waals surface area (Å²) in [6, 6.07) is 9.61. The summed E-state index contributed by atoms with van der Waals surface area (Å²) in [6.45, 7) is 2.07. The monoisotopic (exact) mass is 412 g/mol. The van der Waals surface area contributed by atoms with Gasteiger partial charge in [-0.3, -0.25) is 4.79 Å². The third kappa shape index (κ3) is 4.31. The van der Waals surface area contributed by atoms with Crippen LogP contribution in [0.4, 0.5) is 5.69 Å². The van der Waals surface area contributed by atoms with E-state index in [0.29, 0.717) is 15.6 Å². The number of thiophene rings is 1. The van der Waals surface area contributed by atoms with Gasteiger partial charge in [0.15, 0.2) is 0 Å². The molecule has 3 aromatic rings. The van der Waals surface area contributed by atoms with E-state index in [4.69, 9.17) is 4.74 Å². The average molecular weight is 413 g/mol. The molecule has 1 N–H and O–H groups in total. The second kappa shape index (κ2) is 8.24. The molecular weight excluding hydrogens is 392 g/mol. The minimum atomic E-state index is -0.300. The van der Waals surface area contributed by atoms with Crippen molar-refractivity contribution in [3.05, 3.63) is 67.3 Å². The quantitative estimate of drug-likeness (QED) is 0.604. The van der Waals surface area contributed by atoms with Crippen molar-refractivity contribution < 1.29 is 14.3 Å². The van der Waals surface area contributed by atoms with Gasteiger partial charge in [-0.2, -0.15) is 0 Å². The molecule has 2 aromatic heterocycles. The standard InChI is InChI=1S/C21H20N2O3S2/c1-13-5-2-3-7-16(13)23-19(24)10-20-22-15(12-27-20)11-26-21(25)18-9-14-6-4-8-17(14)28-18/h2-3,5,7,9,12H,4,6,8,10-11H2,1H3,(H,23,24). The molecule has 4 rings (SSSR count). The number of benzene rings is 1. The number of carbonyl (C=O) groups excluding carboxylic acids is 2. The van der Waals surface area contributed by atoms with Crippen molar-refractivity contribution in [1.82, 2.24) is 4.98 Å². The lowest BCUT2D eigenvalue weighted by atomic mass is 10.2. The number of thiazole rings is 1. The Bertz CT molecular complexity index is 1000. The first-order chi connectivity index (χ1) is 13.6. The van der Waals surface area contributed by atoms with Crippen LogP contribution in [0.5, 0.6) is 0 Å². The summed E-state index contributed by atoms with van der Waals surface area (Å²) >= 11 is 2.93. The van der Waals surface area contributed by atoms with Gasteiger partial charge < -0.3 is 10.1 Å². The number of aromatic nitrogens is 1. The van der Waals surface area contributed by atoms with E-state index in [1.54, 1.807) is 0 Å². The molecule has 0 saturated heterocycles. The van der Waals surface area contributed by atoms with Crippen molar-refractivity contribution in [3.8, 4) is 0 Å². The molecule has 1 aromatic carbocycles. The largest absolute Gasteiger partial charge is 0.455 e. The van der Waals surface area contributed by atoms with Gasteiger partial charge in [-0.05, 0) is 49.4 Å². The van der Waals surface area contributed by atoms with Gasteiger partial charge in [0.2, 0.25) is 5.91 Å². The van der Waals surface area contributed by atoms with E-state index in [2.05, 4.69) is 10.3 Å². The van der Waals surface area contributed by atoms with E-state index in [1.807, 2.05) is 42.6 Å². The molecule has 144 valence electrons. The maximum absolute atomic E-state index is 12.2.